The second kappa shape index (κ2) is 9.09. The average Bonchev–Trinajstić information content (AvgIpc) is 3.08. The van der Waals surface area contributed by atoms with Crippen LogP contribution in [0, 0.1) is 5.92 Å². The molecule has 4 rings (SSSR count). The Hall–Kier alpha value is -2.62. The SMILES string of the molecule is CCn1c(=O)oc2cc(S(=O)(=O)N3CCC(CC(=O)Nc4cccc(Cl)c4)CC3)ccc21. The number of fused-ring (bicyclic) bond motifs is 1. The number of hydrogen-bond donors (Lipinski definition) is 1. The Balaban J connectivity index is 1.39. The molecule has 2 heterocycles. The molecule has 32 heavy (non-hydrogen) atoms. The van der Waals surface area contributed by atoms with Gasteiger partial charge in [-0.1, -0.05) is 17.7 Å². The van der Waals surface area contributed by atoms with E-state index >= 15 is 0 Å². The lowest BCUT2D eigenvalue weighted by atomic mass is 9.94. The Morgan fingerprint density at radius 1 is 1.19 bits per heavy atom. The van der Waals surface area contributed by atoms with Crippen molar-refractivity contribution in [3.63, 3.8) is 0 Å². The molecule has 0 saturated carbocycles. The largest absolute Gasteiger partial charge is 0.419 e. The van der Waals surface area contributed by atoms with Crippen LogP contribution >= 0.6 is 11.6 Å². The molecular weight excluding hydrogens is 454 g/mol. The van der Waals surface area contributed by atoms with E-state index in [4.69, 9.17) is 16.0 Å². The second-order valence-electron chi connectivity index (χ2n) is 7.85. The first-order chi connectivity index (χ1) is 15.3. The van der Waals surface area contributed by atoms with Crippen molar-refractivity contribution in [2.45, 2.75) is 37.6 Å². The number of aromatic nitrogens is 1. The zero-order valence-electron chi connectivity index (χ0n) is 17.6. The van der Waals surface area contributed by atoms with E-state index in [9.17, 15) is 18.0 Å². The molecule has 1 N–H and O–H groups in total. The van der Waals surface area contributed by atoms with Crippen LogP contribution in [0.15, 0.2) is 56.6 Å². The standard InChI is InChI=1S/C22H24ClN3O5S/c1-2-26-19-7-6-18(14-20(19)31-22(26)28)32(29,30)25-10-8-15(9-11-25)12-21(27)24-17-5-3-4-16(23)13-17/h3-7,13-15H,2,8-12H2,1H3,(H,24,27). The molecule has 0 aliphatic carbocycles. The van der Waals surface area contributed by atoms with E-state index in [1.54, 1.807) is 30.3 Å². The van der Waals surface area contributed by atoms with Crippen LogP contribution in [0.4, 0.5) is 5.69 Å². The third-order valence-electron chi connectivity index (χ3n) is 5.75. The van der Waals surface area contributed by atoms with Crippen LogP contribution in [0.3, 0.4) is 0 Å². The van der Waals surface area contributed by atoms with Crippen molar-refractivity contribution in [1.82, 2.24) is 8.87 Å². The first-order valence-electron chi connectivity index (χ1n) is 10.5. The Labute approximate surface area is 190 Å². The van der Waals surface area contributed by atoms with Crippen molar-refractivity contribution in [3.8, 4) is 0 Å². The van der Waals surface area contributed by atoms with Gasteiger partial charge in [0.1, 0.15) is 0 Å². The third-order valence-corrected chi connectivity index (χ3v) is 7.88. The molecule has 170 valence electrons. The van der Waals surface area contributed by atoms with Gasteiger partial charge < -0.3 is 9.73 Å². The average molecular weight is 478 g/mol. The van der Waals surface area contributed by atoms with Crippen molar-refractivity contribution < 1.29 is 17.6 Å². The number of carbonyl (C=O) groups is 1. The van der Waals surface area contributed by atoms with Crippen LogP contribution in [0.2, 0.25) is 5.02 Å². The summed E-state index contributed by atoms with van der Waals surface area (Å²) in [5.41, 5.74) is 1.47. The van der Waals surface area contributed by atoms with Crippen molar-refractivity contribution >= 4 is 44.3 Å². The first-order valence-corrected chi connectivity index (χ1v) is 12.3. The van der Waals surface area contributed by atoms with Gasteiger partial charge in [0.05, 0.1) is 10.4 Å². The molecule has 10 heteroatoms. The Kier molecular flexibility index (Phi) is 6.41. The van der Waals surface area contributed by atoms with Crippen LogP contribution in [0.5, 0.6) is 0 Å². The molecule has 3 aromatic rings. The highest BCUT2D eigenvalue weighted by Gasteiger charge is 2.30. The fraction of sp³-hybridized carbons (Fsp3) is 0.364. The molecule has 1 aromatic heterocycles. The highest BCUT2D eigenvalue weighted by atomic mass is 35.5. The minimum absolute atomic E-state index is 0.0964. The van der Waals surface area contributed by atoms with Gasteiger partial charge in [-0.3, -0.25) is 9.36 Å². The van der Waals surface area contributed by atoms with Gasteiger partial charge in [-0.25, -0.2) is 13.2 Å². The van der Waals surface area contributed by atoms with Gasteiger partial charge in [0, 0.05) is 42.8 Å². The lowest BCUT2D eigenvalue weighted by Gasteiger charge is -2.31. The molecule has 1 saturated heterocycles. The number of carbonyl (C=O) groups excluding carboxylic acids is 1. The molecule has 0 radical (unpaired) electrons. The summed E-state index contributed by atoms with van der Waals surface area (Å²) in [5, 5.41) is 3.38. The molecule has 1 aliphatic rings. The summed E-state index contributed by atoms with van der Waals surface area (Å²) < 4.78 is 34.3. The van der Waals surface area contributed by atoms with Crippen LogP contribution in [-0.2, 0) is 21.4 Å². The fourth-order valence-corrected chi connectivity index (χ4v) is 5.73. The van der Waals surface area contributed by atoms with E-state index in [1.807, 2.05) is 6.92 Å². The number of halogens is 1. The van der Waals surface area contributed by atoms with E-state index in [0.29, 0.717) is 55.1 Å². The number of sulfonamides is 1. The van der Waals surface area contributed by atoms with Crippen LogP contribution in [0.1, 0.15) is 26.2 Å². The molecule has 0 bridgehead atoms. The predicted octanol–water partition coefficient (Wildman–Crippen LogP) is 3.70. The van der Waals surface area contributed by atoms with E-state index in [-0.39, 0.29) is 22.3 Å². The van der Waals surface area contributed by atoms with Crippen LogP contribution < -0.4 is 11.1 Å². The maximum atomic E-state index is 13.1. The number of hydrogen-bond acceptors (Lipinski definition) is 5. The maximum Gasteiger partial charge on any atom is 0.419 e. The van der Waals surface area contributed by atoms with Crippen LogP contribution in [0.25, 0.3) is 11.1 Å². The zero-order chi connectivity index (χ0) is 22.9. The van der Waals surface area contributed by atoms with E-state index < -0.39 is 15.8 Å². The summed E-state index contributed by atoms with van der Waals surface area (Å²) in [6.45, 7) is 2.92. The molecule has 0 atom stereocenters. The normalized spacial score (nSPS) is 15.8. The summed E-state index contributed by atoms with van der Waals surface area (Å²) in [6.07, 6.45) is 1.50. The molecule has 1 amide bonds. The van der Waals surface area contributed by atoms with Gasteiger partial charge in [-0.15, -0.1) is 0 Å². The number of piperidine rings is 1. The highest BCUT2D eigenvalue weighted by molar-refractivity contribution is 7.89. The number of benzene rings is 2. The van der Waals surface area contributed by atoms with Crippen molar-refractivity contribution in [1.29, 1.82) is 0 Å². The number of rotatable bonds is 6. The lowest BCUT2D eigenvalue weighted by Crippen LogP contribution is -2.39. The molecule has 0 unspecified atom stereocenters. The number of amides is 1. The van der Waals surface area contributed by atoms with Crippen molar-refractivity contribution in [2.75, 3.05) is 18.4 Å². The van der Waals surface area contributed by atoms with E-state index in [1.165, 1.54) is 21.0 Å². The Morgan fingerprint density at radius 3 is 2.62 bits per heavy atom. The van der Waals surface area contributed by atoms with Gasteiger partial charge >= 0.3 is 5.76 Å². The van der Waals surface area contributed by atoms with Crippen molar-refractivity contribution in [3.05, 3.63) is 58.0 Å². The van der Waals surface area contributed by atoms with Gasteiger partial charge in [0.15, 0.2) is 5.58 Å². The summed E-state index contributed by atoms with van der Waals surface area (Å²) in [6, 6.07) is 11.5. The minimum Gasteiger partial charge on any atom is -0.408 e. The Bertz CT molecular complexity index is 1310. The maximum absolute atomic E-state index is 13.1. The number of nitrogens with zero attached hydrogens (tertiary/aromatic N) is 2. The number of anilines is 1. The van der Waals surface area contributed by atoms with Gasteiger partial charge in [0.25, 0.3) is 0 Å². The topological polar surface area (TPSA) is 102 Å². The molecule has 1 fully saturated rings. The van der Waals surface area contributed by atoms with E-state index in [0.717, 1.165) is 0 Å². The van der Waals surface area contributed by atoms with E-state index in [2.05, 4.69) is 5.32 Å². The van der Waals surface area contributed by atoms with Gasteiger partial charge in [0.2, 0.25) is 15.9 Å². The first kappa shape index (κ1) is 22.6. The number of nitrogens with one attached hydrogen (secondary N) is 1. The van der Waals surface area contributed by atoms with Crippen molar-refractivity contribution in [2.24, 2.45) is 5.92 Å². The third kappa shape index (κ3) is 4.60. The van der Waals surface area contributed by atoms with Gasteiger partial charge in [-0.05, 0) is 56.0 Å². The summed E-state index contributed by atoms with van der Waals surface area (Å²) in [5.74, 6) is -0.525. The zero-order valence-corrected chi connectivity index (χ0v) is 19.2. The molecule has 2 aromatic carbocycles. The number of aryl methyl sites for hydroxylation is 1. The molecule has 8 nitrogen and oxygen atoms in total. The summed E-state index contributed by atoms with van der Waals surface area (Å²) in [4.78, 5) is 24.3. The molecular formula is C22H24ClN3O5S. The Morgan fingerprint density at radius 2 is 1.94 bits per heavy atom. The molecule has 1 aliphatic heterocycles. The van der Waals surface area contributed by atoms with Crippen LogP contribution in [-0.4, -0.2) is 36.3 Å². The molecule has 0 spiro atoms. The second-order valence-corrected chi connectivity index (χ2v) is 10.2. The quantitative estimate of drug-likeness (QED) is 0.583. The van der Waals surface area contributed by atoms with Gasteiger partial charge in [-0.2, -0.15) is 4.31 Å². The summed E-state index contributed by atoms with van der Waals surface area (Å²) in [7, 11) is -3.72. The lowest BCUT2D eigenvalue weighted by molar-refractivity contribution is -0.117. The fourth-order valence-electron chi connectivity index (χ4n) is 4.05. The number of oxazole rings is 1. The summed E-state index contributed by atoms with van der Waals surface area (Å²) >= 11 is 5.94. The highest BCUT2D eigenvalue weighted by Crippen LogP contribution is 2.28. The smallest absolute Gasteiger partial charge is 0.408 e. The predicted molar refractivity (Wildman–Crippen MR) is 122 cm³/mol. The minimum atomic E-state index is -3.72. The monoisotopic (exact) mass is 477 g/mol.